The molecule has 4 rings (SSSR count). The van der Waals surface area contributed by atoms with Crippen molar-refractivity contribution in [3.63, 3.8) is 0 Å². The molecular weight excluding hydrogens is 346 g/mol. The number of piperidine rings is 1. The van der Waals surface area contributed by atoms with E-state index in [9.17, 15) is 4.79 Å². The van der Waals surface area contributed by atoms with Crippen LogP contribution in [0.3, 0.4) is 0 Å². The molecule has 0 saturated carbocycles. The molecule has 27 heavy (non-hydrogen) atoms. The number of nitrogens with zero attached hydrogens (tertiary/aromatic N) is 6. The van der Waals surface area contributed by atoms with E-state index in [-0.39, 0.29) is 12.6 Å². The summed E-state index contributed by atoms with van der Waals surface area (Å²) in [5.41, 5.74) is 2.60. The van der Waals surface area contributed by atoms with Gasteiger partial charge in [-0.05, 0) is 6.07 Å². The Labute approximate surface area is 155 Å². The molecule has 0 bridgehead atoms. The van der Waals surface area contributed by atoms with Gasteiger partial charge in [-0.15, -0.1) is 0 Å². The van der Waals surface area contributed by atoms with E-state index < -0.39 is 6.09 Å². The molecule has 1 aliphatic rings. The van der Waals surface area contributed by atoms with Gasteiger partial charge in [0.2, 0.25) is 0 Å². The summed E-state index contributed by atoms with van der Waals surface area (Å²) < 4.78 is 5.50. The second-order valence-corrected chi connectivity index (χ2v) is 6.57. The summed E-state index contributed by atoms with van der Waals surface area (Å²) in [5, 5.41) is 18.0. The van der Waals surface area contributed by atoms with E-state index in [0.717, 1.165) is 47.9 Å². The number of hydrogen-bond donors (Lipinski definition) is 1. The van der Waals surface area contributed by atoms with E-state index in [1.807, 2.05) is 18.3 Å². The Bertz CT molecular complexity index is 1020. The molecule has 3 aromatic heterocycles. The molecule has 1 fully saturated rings. The molecule has 1 amide bonds. The van der Waals surface area contributed by atoms with Crippen LogP contribution in [0.15, 0.2) is 24.7 Å². The van der Waals surface area contributed by atoms with Crippen LogP contribution < -0.4 is 4.90 Å². The molecule has 0 radical (unpaired) electrons. The highest BCUT2D eigenvalue weighted by molar-refractivity contribution is 6.09. The van der Waals surface area contributed by atoms with Gasteiger partial charge in [0.25, 0.3) is 0 Å². The molecular formula is C18H19N7O2. The van der Waals surface area contributed by atoms with Gasteiger partial charge in [-0.2, -0.15) is 10.4 Å². The monoisotopic (exact) mass is 365 g/mol. The Morgan fingerprint density at radius 3 is 3.00 bits per heavy atom. The zero-order chi connectivity index (χ0) is 18.8. The third kappa shape index (κ3) is 3.21. The zero-order valence-electron chi connectivity index (χ0n) is 14.9. The fraction of sp³-hybridized carbons (Fsp3) is 0.389. The zero-order valence-corrected chi connectivity index (χ0v) is 14.9. The van der Waals surface area contributed by atoms with E-state index in [2.05, 4.69) is 25.1 Å². The van der Waals surface area contributed by atoms with Gasteiger partial charge in [0.05, 0.1) is 29.7 Å². The number of nitriles is 1. The maximum absolute atomic E-state index is 12.0. The highest BCUT2D eigenvalue weighted by atomic mass is 16.6. The molecule has 4 heterocycles. The number of rotatable bonds is 3. The number of anilines is 1. The lowest BCUT2D eigenvalue weighted by Gasteiger charge is -2.34. The Morgan fingerprint density at radius 2 is 2.22 bits per heavy atom. The molecule has 138 valence electrons. The van der Waals surface area contributed by atoms with E-state index >= 15 is 0 Å². The van der Waals surface area contributed by atoms with Crippen LogP contribution in [0.2, 0.25) is 0 Å². The summed E-state index contributed by atoms with van der Waals surface area (Å²) in [6, 6.07) is 3.90. The average molecular weight is 365 g/mol. The highest BCUT2D eigenvalue weighted by Crippen LogP contribution is 2.32. The van der Waals surface area contributed by atoms with E-state index in [1.165, 1.54) is 4.90 Å². The predicted octanol–water partition coefficient (Wildman–Crippen LogP) is 2.07. The van der Waals surface area contributed by atoms with Crippen molar-refractivity contribution in [3.05, 3.63) is 24.7 Å². The number of amides is 1. The predicted molar refractivity (Wildman–Crippen MR) is 99.1 cm³/mol. The quantitative estimate of drug-likeness (QED) is 0.707. The van der Waals surface area contributed by atoms with Crippen LogP contribution >= 0.6 is 0 Å². The van der Waals surface area contributed by atoms with Gasteiger partial charge in [0.1, 0.15) is 12.6 Å². The Morgan fingerprint density at radius 1 is 1.41 bits per heavy atom. The molecule has 0 atom stereocenters. The van der Waals surface area contributed by atoms with Gasteiger partial charge in [0, 0.05) is 49.9 Å². The van der Waals surface area contributed by atoms with Crippen LogP contribution in [0.1, 0.15) is 12.8 Å². The fourth-order valence-electron chi connectivity index (χ4n) is 3.41. The summed E-state index contributed by atoms with van der Waals surface area (Å²) >= 11 is 0. The second-order valence-electron chi connectivity index (χ2n) is 6.57. The van der Waals surface area contributed by atoms with Crippen molar-refractivity contribution in [2.24, 2.45) is 0 Å². The van der Waals surface area contributed by atoms with Crippen molar-refractivity contribution >= 4 is 33.7 Å². The molecule has 0 aromatic carbocycles. The maximum atomic E-state index is 12.0. The number of nitrogens with one attached hydrogen (secondary N) is 1. The lowest BCUT2D eigenvalue weighted by Crippen LogP contribution is -2.40. The number of hydrogen-bond acceptors (Lipinski definition) is 7. The minimum Gasteiger partial charge on any atom is -0.446 e. The minimum atomic E-state index is -0.452. The first-order valence-electron chi connectivity index (χ1n) is 8.78. The van der Waals surface area contributed by atoms with Crippen molar-refractivity contribution in [2.75, 3.05) is 31.6 Å². The maximum Gasteiger partial charge on any atom is 0.410 e. The largest absolute Gasteiger partial charge is 0.446 e. The molecule has 0 unspecified atom stereocenters. The molecule has 0 aliphatic carbocycles. The summed E-state index contributed by atoms with van der Waals surface area (Å²) in [4.78, 5) is 24.1. The number of aromatic amines is 1. The number of H-pyrrole nitrogens is 1. The average Bonchev–Trinajstić information content (AvgIpc) is 3.17. The first kappa shape index (κ1) is 17.0. The summed E-state index contributed by atoms with van der Waals surface area (Å²) in [6.07, 6.45) is 6.17. The van der Waals surface area contributed by atoms with Crippen molar-refractivity contribution in [2.45, 2.75) is 18.9 Å². The van der Waals surface area contributed by atoms with E-state index in [1.54, 1.807) is 19.4 Å². The number of carbonyl (C=O) groups is 1. The molecule has 3 aromatic rings. The molecule has 9 nitrogen and oxygen atoms in total. The number of pyridine rings is 1. The van der Waals surface area contributed by atoms with Crippen molar-refractivity contribution in [1.29, 1.82) is 5.26 Å². The standard InChI is InChI=1S/C18H19N7O2/c1-24(9-5-19)18(26)27-12-3-7-25(8-4-12)15-11-22-23-14-10-21-17-13(16(14)15)2-6-20-17/h2,6,10-12,23H,3-4,7-9H2,1H3. The highest BCUT2D eigenvalue weighted by Gasteiger charge is 2.25. The van der Waals surface area contributed by atoms with Gasteiger partial charge in [0.15, 0.2) is 5.65 Å². The summed E-state index contributed by atoms with van der Waals surface area (Å²) in [5.74, 6) is 0. The topological polar surface area (TPSA) is 111 Å². The van der Waals surface area contributed by atoms with Crippen LogP contribution in [0.4, 0.5) is 10.5 Å². The van der Waals surface area contributed by atoms with Crippen LogP contribution in [0.5, 0.6) is 0 Å². The van der Waals surface area contributed by atoms with Gasteiger partial charge in [-0.25, -0.2) is 14.8 Å². The van der Waals surface area contributed by atoms with E-state index in [0.29, 0.717) is 5.65 Å². The third-order valence-corrected chi connectivity index (χ3v) is 4.83. The van der Waals surface area contributed by atoms with Crippen LogP contribution in [0.25, 0.3) is 21.9 Å². The normalized spacial score (nSPS) is 15.0. The van der Waals surface area contributed by atoms with Gasteiger partial charge < -0.3 is 9.64 Å². The Hall–Kier alpha value is -3.41. The van der Waals surface area contributed by atoms with Gasteiger partial charge >= 0.3 is 6.09 Å². The van der Waals surface area contributed by atoms with Crippen LogP contribution in [-0.2, 0) is 4.74 Å². The SMILES string of the molecule is CN(CC#N)C(=O)OC1CCN(c2cn[nH]c3cnc4nccc4c23)CC1. The third-order valence-electron chi connectivity index (χ3n) is 4.83. The summed E-state index contributed by atoms with van der Waals surface area (Å²) in [7, 11) is 1.56. The number of carbonyl (C=O) groups excluding carboxylic acids is 1. The molecule has 9 heteroatoms. The lowest BCUT2D eigenvalue weighted by molar-refractivity contribution is 0.0601. The molecule has 1 N–H and O–H groups in total. The Balaban J connectivity index is 1.51. The second kappa shape index (κ2) is 7.07. The first-order chi connectivity index (χ1) is 13.2. The molecule has 0 spiro atoms. The van der Waals surface area contributed by atoms with Crippen LogP contribution in [0, 0.1) is 11.3 Å². The number of ether oxygens (including phenoxy) is 1. The van der Waals surface area contributed by atoms with Crippen LogP contribution in [-0.4, -0.2) is 63.9 Å². The van der Waals surface area contributed by atoms with E-state index in [4.69, 9.17) is 10.00 Å². The lowest BCUT2D eigenvalue weighted by atomic mass is 10.1. The Kier molecular flexibility index (Phi) is 4.46. The van der Waals surface area contributed by atoms with Crippen molar-refractivity contribution in [1.82, 2.24) is 25.1 Å². The van der Waals surface area contributed by atoms with Gasteiger partial charge in [-0.1, -0.05) is 0 Å². The fourth-order valence-corrected chi connectivity index (χ4v) is 3.41. The van der Waals surface area contributed by atoms with Crippen molar-refractivity contribution < 1.29 is 9.53 Å². The minimum absolute atomic E-state index is 0.0214. The van der Waals surface area contributed by atoms with Crippen molar-refractivity contribution in [3.8, 4) is 6.07 Å². The summed E-state index contributed by atoms with van der Waals surface area (Å²) in [6.45, 7) is 1.52. The number of fused-ring (bicyclic) bond motifs is 3. The first-order valence-corrected chi connectivity index (χ1v) is 8.78. The molecule has 1 aliphatic heterocycles. The number of aromatic nitrogens is 4. The molecule has 1 saturated heterocycles. The smallest absolute Gasteiger partial charge is 0.410 e. The van der Waals surface area contributed by atoms with Gasteiger partial charge in [-0.3, -0.25) is 10.00 Å².